The largest absolute Gasteiger partial charge is 0.493 e. The van der Waals surface area contributed by atoms with Crippen LogP contribution < -0.4 is 15.2 Å². The Morgan fingerprint density at radius 3 is 2.95 bits per heavy atom. The van der Waals surface area contributed by atoms with Gasteiger partial charge in [0, 0.05) is 13.1 Å². The molecule has 1 aromatic carbocycles. The number of benzene rings is 1. The van der Waals surface area contributed by atoms with E-state index in [1.165, 1.54) is 0 Å². The summed E-state index contributed by atoms with van der Waals surface area (Å²) in [5, 5.41) is 0. The summed E-state index contributed by atoms with van der Waals surface area (Å²) in [6, 6.07) is 5.95. The fourth-order valence-electron chi connectivity index (χ4n) is 2.30. The summed E-state index contributed by atoms with van der Waals surface area (Å²) >= 11 is 0. The summed E-state index contributed by atoms with van der Waals surface area (Å²) in [6.45, 7) is 3.81. The number of ether oxygens (including phenoxy) is 3. The van der Waals surface area contributed by atoms with Crippen molar-refractivity contribution in [2.75, 3.05) is 47.0 Å². The molecule has 112 valence electrons. The van der Waals surface area contributed by atoms with Crippen LogP contribution in [0.1, 0.15) is 5.56 Å². The van der Waals surface area contributed by atoms with Crippen molar-refractivity contribution in [3.8, 4) is 11.5 Å². The first kappa shape index (κ1) is 15.1. The van der Waals surface area contributed by atoms with Crippen LogP contribution in [0.15, 0.2) is 18.2 Å². The molecule has 1 aromatic rings. The first-order chi connectivity index (χ1) is 9.72. The van der Waals surface area contributed by atoms with Gasteiger partial charge in [-0.25, -0.2) is 0 Å². The van der Waals surface area contributed by atoms with Crippen LogP contribution in [0.4, 0.5) is 0 Å². The zero-order chi connectivity index (χ0) is 14.4. The second-order valence-corrected chi connectivity index (χ2v) is 5.09. The minimum absolute atomic E-state index is 0.113. The average Bonchev–Trinajstić information content (AvgIpc) is 2.46. The van der Waals surface area contributed by atoms with Crippen LogP contribution in [0.2, 0.25) is 0 Å². The van der Waals surface area contributed by atoms with Gasteiger partial charge in [0.25, 0.3) is 0 Å². The molecule has 0 aliphatic carbocycles. The normalized spacial score (nSPS) is 19.9. The van der Waals surface area contributed by atoms with Crippen molar-refractivity contribution in [3.63, 3.8) is 0 Å². The van der Waals surface area contributed by atoms with Gasteiger partial charge in [0.15, 0.2) is 11.5 Å². The number of methoxy groups -OCH3 is 1. The fourth-order valence-corrected chi connectivity index (χ4v) is 2.30. The number of nitrogens with two attached hydrogens (primary N) is 1. The van der Waals surface area contributed by atoms with Gasteiger partial charge in [-0.3, -0.25) is 0 Å². The number of likely N-dealkylation sites (N-methyl/N-ethyl adjacent to an activating group) is 1. The van der Waals surface area contributed by atoms with Crippen molar-refractivity contribution in [1.29, 1.82) is 0 Å². The van der Waals surface area contributed by atoms with Crippen molar-refractivity contribution >= 4 is 0 Å². The minimum Gasteiger partial charge on any atom is -0.493 e. The maximum atomic E-state index is 5.84. The SMILES string of the molecule is COc1cc(CCN)ccc1OCC1CN(C)CCO1. The van der Waals surface area contributed by atoms with E-state index in [9.17, 15) is 0 Å². The van der Waals surface area contributed by atoms with Crippen LogP contribution in [0.3, 0.4) is 0 Å². The smallest absolute Gasteiger partial charge is 0.161 e. The van der Waals surface area contributed by atoms with Crippen molar-refractivity contribution in [3.05, 3.63) is 23.8 Å². The summed E-state index contributed by atoms with van der Waals surface area (Å²) < 4.78 is 16.9. The number of morpholine rings is 1. The molecule has 2 rings (SSSR count). The lowest BCUT2D eigenvalue weighted by atomic mass is 10.1. The number of nitrogens with zero attached hydrogens (tertiary/aromatic N) is 1. The second kappa shape index (κ2) is 7.47. The summed E-state index contributed by atoms with van der Waals surface area (Å²) in [7, 11) is 3.75. The Bertz CT molecular complexity index is 426. The Kier molecular flexibility index (Phi) is 5.64. The van der Waals surface area contributed by atoms with E-state index >= 15 is 0 Å². The third kappa shape index (κ3) is 4.10. The monoisotopic (exact) mass is 280 g/mol. The molecule has 1 aliphatic rings. The van der Waals surface area contributed by atoms with Crippen molar-refractivity contribution in [2.45, 2.75) is 12.5 Å². The maximum absolute atomic E-state index is 5.84. The second-order valence-electron chi connectivity index (χ2n) is 5.09. The molecule has 1 aliphatic heterocycles. The van der Waals surface area contributed by atoms with Gasteiger partial charge in [-0.05, 0) is 37.7 Å². The lowest BCUT2D eigenvalue weighted by Crippen LogP contribution is -2.42. The van der Waals surface area contributed by atoms with Gasteiger partial charge in [0.2, 0.25) is 0 Å². The quantitative estimate of drug-likeness (QED) is 0.839. The molecule has 0 saturated carbocycles. The highest BCUT2D eigenvalue weighted by atomic mass is 16.5. The lowest BCUT2D eigenvalue weighted by Gasteiger charge is -2.30. The van der Waals surface area contributed by atoms with E-state index in [0.29, 0.717) is 13.2 Å². The number of hydrogen-bond donors (Lipinski definition) is 1. The van der Waals surface area contributed by atoms with E-state index in [2.05, 4.69) is 11.9 Å². The molecular formula is C15H24N2O3. The van der Waals surface area contributed by atoms with Gasteiger partial charge in [-0.1, -0.05) is 6.07 Å². The van der Waals surface area contributed by atoms with Gasteiger partial charge in [0.1, 0.15) is 12.7 Å². The highest BCUT2D eigenvalue weighted by molar-refractivity contribution is 5.43. The Hall–Kier alpha value is -1.30. The molecule has 5 heteroatoms. The van der Waals surface area contributed by atoms with Crippen molar-refractivity contribution in [1.82, 2.24) is 4.90 Å². The molecule has 1 unspecified atom stereocenters. The molecule has 1 saturated heterocycles. The van der Waals surface area contributed by atoms with Crippen LogP contribution in [-0.4, -0.2) is 58.0 Å². The van der Waals surface area contributed by atoms with E-state index in [-0.39, 0.29) is 6.10 Å². The molecule has 0 amide bonds. The Labute approximate surface area is 120 Å². The van der Waals surface area contributed by atoms with Gasteiger partial charge < -0.3 is 24.8 Å². The fraction of sp³-hybridized carbons (Fsp3) is 0.600. The zero-order valence-corrected chi connectivity index (χ0v) is 12.3. The van der Waals surface area contributed by atoms with E-state index < -0.39 is 0 Å². The topological polar surface area (TPSA) is 57.0 Å². The third-order valence-corrected chi connectivity index (χ3v) is 3.43. The standard InChI is InChI=1S/C15H24N2O3/c1-17-7-8-19-13(10-17)11-20-14-4-3-12(5-6-16)9-15(14)18-2/h3-4,9,13H,5-8,10-11,16H2,1-2H3. The molecule has 0 aromatic heterocycles. The lowest BCUT2D eigenvalue weighted by molar-refractivity contribution is -0.0406. The number of rotatable bonds is 6. The van der Waals surface area contributed by atoms with Crippen molar-refractivity contribution in [2.24, 2.45) is 5.73 Å². The first-order valence-electron chi connectivity index (χ1n) is 7.03. The highest BCUT2D eigenvalue weighted by Crippen LogP contribution is 2.28. The molecule has 20 heavy (non-hydrogen) atoms. The highest BCUT2D eigenvalue weighted by Gasteiger charge is 2.19. The van der Waals surface area contributed by atoms with Crippen LogP contribution in [0, 0.1) is 0 Å². The van der Waals surface area contributed by atoms with Crippen LogP contribution >= 0.6 is 0 Å². The number of hydrogen-bond acceptors (Lipinski definition) is 5. The predicted molar refractivity (Wildman–Crippen MR) is 78.5 cm³/mol. The molecule has 0 radical (unpaired) electrons. The average molecular weight is 280 g/mol. The molecule has 1 atom stereocenters. The van der Waals surface area contributed by atoms with Crippen molar-refractivity contribution < 1.29 is 14.2 Å². The van der Waals surface area contributed by atoms with Gasteiger partial charge >= 0.3 is 0 Å². The van der Waals surface area contributed by atoms with E-state index in [1.54, 1.807) is 7.11 Å². The van der Waals surface area contributed by atoms with E-state index in [1.807, 2.05) is 18.2 Å². The molecule has 1 fully saturated rings. The Morgan fingerprint density at radius 1 is 1.40 bits per heavy atom. The predicted octanol–water partition coefficient (Wildman–Crippen LogP) is 0.906. The molecule has 2 N–H and O–H groups in total. The first-order valence-corrected chi connectivity index (χ1v) is 7.03. The minimum atomic E-state index is 0.113. The van der Waals surface area contributed by atoms with Crippen LogP contribution in [-0.2, 0) is 11.2 Å². The Morgan fingerprint density at radius 2 is 2.25 bits per heavy atom. The van der Waals surface area contributed by atoms with Gasteiger partial charge in [-0.15, -0.1) is 0 Å². The van der Waals surface area contributed by atoms with Crippen LogP contribution in [0.5, 0.6) is 11.5 Å². The summed E-state index contributed by atoms with van der Waals surface area (Å²) in [6.07, 6.45) is 0.954. The zero-order valence-electron chi connectivity index (χ0n) is 12.3. The molecule has 5 nitrogen and oxygen atoms in total. The molecule has 0 spiro atoms. The molecule has 0 bridgehead atoms. The van der Waals surface area contributed by atoms with E-state index in [4.69, 9.17) is 19.9 Å². The maximum Gasteiger partial charge on any atom is 0.161 e. The molecular weight excluding hydrogens is 256 g/mol. The van der Waals surface area contributed by atoms with Gasteiger partial charge in [0.05, 0.1) is 13.7 Å². The third-order valence-electron chi connectivity index (χ3n) is 3.43. The molecule has 1 heterocycles. The summed E-state index contributed by atoms with van der Waals surface area (Å²) in [5.41, 5.74) is 6.72. The Balaban J connectivity index is 1.94. The summed E-state index contributed by atoms with van der Waals surface area (Å²) in [4.78, 5) is 2.25. The van der Waals surface area contributed by atoms with E-state index in [0.717, 1.165) is 43.2 Å². The van der Waals surface area contributed by atoms with Crippen LogP contribution in [0.25, 0.3) is 0 Å². The van der Waals surface area contributed by atoms with Gasteiger partial charge in [-0.2, -0.15) is 0 Å². The summed E-state index contributed by atoms with van der Waals surface area (Å²) in [5.74, 6) is 1.50.